The molecule has 0 radical (unpaired) electrons. The highest BCUT2D eigenvalue weighted by atomic mass is 16.4. The molecule has 0 aromatic rings. The van der Waals surface area contributed by atoms with E-state index in [4.69, 9.17) is 10.2 Å². The van der Waals surface area contributed by atoms with E-state index in [0.717, 1.165) is 6.42 Å². The first-order valence-corrected chi connectivity index (χ1v) is 6.86. The van der Waals surface area contributed by atoms with Crippen molar-refractivity contribution < 1.29 is 19.8 Å². The number of carboxylic acid groups (broad SMARTS) is 2. The van der Waals surface area contributed by atoms with Crippen molar-refractivity contribution in [2.75, 3.05) is 0 Å². The summed E-state index contributed by atoms with van der Waals surface area (Å²) in [4.78, 5) is 21.2. The van der Waals surface area contributed by atoms with Crippen molar-refractivity contribution in [2.45, 2.75) is 51.9 Å². The Bertz CT molecular complexity index is 304. The molecule has 0 saturated heterocycles. The molecule has 4 heteroatoms. The minimum absolute atomic E-state index is 0.176. The van der Waals surface area contributed by atoms with E-state index in [9.17, 15) is 9.59 Å². The topological polar surface area (TPSA) is 74.6 Å². The third-order valence-corrected chi connectivity index (χ3v) is 2.82. The molecule has 0 aliphatic heterocycles. The van der Waals surface area contributed by atoms with Gasteiger partial charge in [-0.25, -0.2) is 0 Å². The fourth-order valence-corrected chi connectivity index (χ4v) is 1.65. The maximum absolute atomic E-state index is 10.6. The minimum atomic E-state index is -1.28. The normalized spacial score (nSPS) is 11.7. The summed E-state index contributed by atoms with van der Waals surface area (Å²) in [5.74, 6) is -3.79. The summed E-state index contributed by atoms with van der Waals surface area (Å²) in [5.41, 5.74) is 0. The molecule has 0 heterocycles. The zero-order valence-electron chi connectivity index (χ0n) is 11.5. The fourth-order valence-electron chi connectivity index (χ4n) is 1.65. The minimum Gasteiger partial charge on any atom is -0.481 e. The van der Waals surface area contributed by atoms with E-state index in [1.165, 1.54) is 19.3 Å². The van der Waals surface area contributed by atoms with Crippen molar-refractivity contribution >= 4 is 11.9 Å². The van der Waals surface area contributed by atoms with Gasteiger partial charge in [-0.2, -0.15) is 0 Å². The lowest BCUT2D eigenvalue weighted by Gasteiger charge is -2.04. The monoisotopic (exact) mass is 268 g/mol. The van der Waals surface area contributed by atoms with Crippen LogP contribution in [0.5, 0.6) is 0 Å². The predicted molar refractivity (Wildman–Crippen MR) is 75.0 cm³/mol. The highest BCUT2D eigenvalue weighted by Crippen LogP contribution is 2.09. The quantitative estimate of drug-likeness (QED) is 0.341. The largest absolute Gasteiger partial charge is 0.481 e. The van der Waals surface area contributed by atoms with Gasteiger partial charge in [0.25, 0.3) is 0 Å². The van der Waals surface area contributed by atoms with Crippen LogP contribution in [-0.2, 0) is 9.59 Å². The molecular weight excluding hydrogens is 244 g/mol. The fraction of sp³-hybridized carbons (Fsp3) is 0.600. The predicted octanol–water partition coefficient (Wildman–Crippen LogP) is 3.63. The molecule has 0 saturated carbocycles. The van der Waals surface area contributed by atoms with Gasteiger partial charge in [-0.15, -0.1) is 0 Å². The highest BCUT2D eigenvalue weighted by Gasteiger charge is 2.24. The molecule has 108 valence electrons. The van der Waals surface area contributed by atoms with Crippen molar-refractivity contribution in [1.29, 1.82) is 0 Å². The molecule has 0 atom stereocenters. The van der Waals surface area contributed by atoms with E-state index < -0.39 is 17.9 Å². The standard InChI is InChI=1S/C15H24O4/c1-2-3-4-5-6-7-8-9-10-11-12-13(14(16)17)15(18)19/h6-9,13H,2-5,10-12H2,1H3,(H,16,17)(H,18,19)/b7-6+,9-8+. The van der Waals surface area contributed by atoms with E-state index in [1.54, 1.807) is 0 Å². The number of unbranched alkanes of at least 4 members (excludes halogenated alkanes) is 4. The third kappa shape index (κ3) is 10.1. The molecule has 4 nitrogen and oxygen atoms in total. The van der Waals surface area contributed by atoms with Crippen LogP contribution in [-0.4, -0.2) is 22.2 Å². The summed E-state index contributed by atoms with van der Waals surface area (Å²) in [6, 6.07) is 0. The Labute approximate surface area is 114 Å². The Hall–Kier alpha value is -1.58. The summed E-state index contributed by atoms with van der Waals surface area (Å²) in [6.45, 7) is 2.17. The van der Waals surface area contributed by atoms with E-state index in [1.807, 2.05) is 18.2 Å². The summed E-state index contributed by atoms with van der Waals surface area (Å²) >= 11 is 0. The first-order chi connectivity index (χ1) is 9.09. The SMILES string of the molecule is CCCCC/C=C/C=C/CCCC(C(=O)O)C(=O)O. The van der Waals surface area contributed by atoms with Crippen LogP contribution in [0.2, 0.25) is 0 Å². The van der Waals surface area contributed by atoms with Crippen molar-refractivity contribution in [3.63, 3.8) is 0 Å². The van der Waals surface area contributed by atoms with Gasteiger partial charge in [-0.3, -0.25) is 9.59 Å². The zero-order valence-corrected chi connectivity index (χ0v) is 11.5. The summed E-state index contributed by atoms with van der Waals surface area (Å²) < 4.78 is 0. The molecule has 19 heavy (non-hydrogen) atoms. The first kappa shape index (κ1) is 17.4. The average Bonchev–Trinajstić information content (AvgIpc) is 2.35. The van der Waals surface area contributed by atoms with Gasteiger partial charge in [-0.1, -0.05) is 44.1 Å². The summed E-state index contributed by atoms with van der Waals surface area (Å²) in [6.07, 6.45) is 14.2. The van der Waals surface area contributed by atoms with Crippen molar-refractivity contribution in [3.05, 3.63) is 24.3 Å². The van der Waals surface area contributed by atoms with Gasteiger partial charge in [0, 0.05) is 0 Å². The van der Waals surface area contributed by atoms with Crippen LogP contribution >= 0.6 is 0 Å². The Balaban J connectivity index is 3.67. The molecule has 0 aromatic heterocycles. The van der Waals surface area contributed by atoms with Crippen molar-refractivity contribution in [1.82, 2.24) is 0 Å². The molecule has 0 aliphatic rings. The molecule has 0 rings (SSSR count). The molecule has 0 unspecified atom stereocenters. The van der Waals surface area contributed by atoms with Crippen LogP contribution in [0.15, 0.2) is 24.3 Å². The number of carboxylic acids is 2. The van der Waals surface area contributed by atoms with Gasteiger partial charge in [-0.05, 0) is 32.1 Å². The average molecular weight is 268 g/mol. The summed E-state index contributed by atoms with van der Waals surface area (Å²) in [5, 5.41) is 17.4. The smallest absolute Gasteiger partial charge is 0.317 e. The van der Waals surface area contributed by atoms with E-state index in [0.29, 0.717) is 12.8 Å². The maximum Gasteiger partial charge on any atom is 0.317 e. The van der Waals surface area contributed by atoms with Crippen LogP contribution in [0.4, 0.5) is 0 Å². The number of aliphatic carboxylic acids is 2. The molecule has 0 aliphatic carbocycles. The number of carbonyl (C=O) groups is 2. The molecule has 0 bridgehead atoms. The molecule has 0 spiro atoms. The molecule has 0 aromatic carbocycles. The lowest BCUT2D eigenvalue weighted by Crippen LogP contribution is -2.23. The van der Waals surface area contributed by atoms with Gasteiger partial charge in [0.15, 0.2) is 5.92 Å². The zero-order chi connectivity index (χ0) is 14.5. The molecular formula is C15H24O4. The number of rotatable bonds is 11. The third-order valence-electron chi connectivity index (χ3n) is 2.82. The van der Waals surface area contributed by atoms with Crippen LogP contribution in [0, 0.1) is 5.92 Å². The first-order valence-electron chi connectivity index (χ1n) is 6.86. The van der Waals surface area contributed by atoms with Crippen LogP contribution in [0.25, 0.3) is 0 Å². The lowest BCUT2D eigenvalue weighted by atomic mass is 10.0. The van der Waals surface area contributed by atoms with Crippen molar-refractivity contribution in [2.24, 2.45) is 5.92 Å². The second-order valence-electron chi connectivity index (χ2n) is 4.51. The van der Waals surface area contributed by atoms with E-state index >= 15 is 0 Å². The Morgan fingerprint density at radius 2 is 1.47 bits per heavy atom. The van der Waals surface area contributed by atoms with E-state index in [-0.39, 0.29) is 6.42 Å². The van der Waals surface area contributed by atoms with Gasteiger partial charge < -0.3 is 10.2 Å². The van der Waals surface area contributed by atoms with Crippen LogP contribution in [0.1, 0.15) is 51.9 Å². The van der Waals surface area contributed by atoms with Gasteiger partial charge >= 0.3 is 11.9 Å². The molecule has 2 N–H and O–H groups in total. The Morgan fingerprint density at radius 3 is 1.95 bits per heavy atom. The second-order valence-corrected chi connectivity index (χ2v) is 4.51. The summed E-state index contributed by atoms with van der Waals surface area (Å²) in [7, 11) is 0. The number of hydrogen-bond donors (Lipinski definition) is 2. The Morgan fingerprint density at radius 1 is 0.947 bits per heavy atom. The van der Waals surface area contributed by atoms with Crippen LogP contribution < -0.4 is 0 Å². The number of allylic oxidation sites excluding steroid dienone is 4. The van der Waals surface area contributed by atoms with Gasteiger partial charge in [0.1, 0.15) is 0 Å². The van der Waals surface area contributed by atoms with Gasteiger partial charge in [0.2, 0.25) is 0 Å². The number of hydrogen-bond acceptors (Lipinski definition) is 2. The van der Waals surface area contributed by atoms with Gasteiger partial charge in [0.05, 0.1) is 0 Å². The van der Waals surface area contributed by atoms with Crippen molar-refractivity contribution in [3.8, 4) is 0 Å². The molecule has 0 fully saturated rings. The Kier molecular flexibility index (Phi) is 10.6. The second kappa shape index (κ2) is 11.5. The van der Waals surface area contributed by atoms with Crippen LogP contribution in [0.3, 0.4) is 0 Å². The maximum atomic E-state index is 10.6. The molecule has 0 amide bonds. The highest BCUT2D eigenvalue weighted by molar-refractivity contribution is 5.92. The van der Waals surface area contributed by atoms with E-state index in [2.05, 4.69) is 13.0 Å². The lowest BCUT2D eigenvalue weighted by molar-refractivity contribution is -0.154.